The van der Waals surface area contributed by atoms with Crippen molar-refractivity contribution in [3.63, 3.8) is 0 Å². The molecule has 1 fully saturated rings. The number of carbonyl (C=O) groups is 1. The van der Waals surface area contributed by atoms with E-state index in [-0.39, 0.29) is 13.0 Å². The second-order valence-corrected chi connectivity index (χ2v) is 3.63. The maximum absolute atomic E-state index is 12.5. The van der Waals surface area contributed by atoms with Gasteiger partial charge in [0.1, 0.15) is 5.75 Å². The molecule has 0 aliphatic heterocycles. The third-order valence-corrected chi connectivity index (χ3v) is 2.44. The molecule has 0 bridgehead atoms. The fourth-order valence-electron chi connectivity index (χ4n) is 1.35. The molecule has 4 heteroatoms. The second-order valence-electron chi connectivity index (χ2n) is 3.63. The average Bonchev–Trinajstić information content (AvgIpc) is 2.84. The normalized spacial score (nSPS) is 22.1. The van der Waals surface area contributed by atoms with Gasteiger partial charge in [-0.1, -0.05) is 12.1 Å². The molecule has 2 nitrogen and oxygen atoms in total. The molecule has 0 amide bonds. The number of halogens is 2. The molecular weight excluding hydrogens is 202 g/mol. The lowest BCUT2D eigenvalue weighted by atomic mass is 10.2. The quantitative estimate of drug-likeness (QED) is 0.717. The molecule has 0 N–H and O–H groups in total. The van der Waals surface area contributed by atoms with Crippen LogP contribution in [0.4, 0.5) is 8.78 Å². The van der Waals surface area contributed by atoms with E-state index >= 15 is 0 Å². The first kappa shape index (κ1) is 10.1. The Balaban J connectivity index is 1.96. The SMILES string of the molecule is O=Cc1ccccc1OCC1CC1(F)F. The predicted molar refractivity (Wildman–Crippen MR) is 50.4 cm³/mol. The highest BCUT2D eigenvalue weighted by Crippen LogP contribution is 2.48. The summed E-state index contributed by atoms with van der Waals surface area (Å²) in [6.07, 6.45) is 0.538. The predicted octanol–water partition coefficient (Wildman–Crippen LogP) is 2.53. The molecule has 15 heavy (non-hydrogen) atoms. The van der Waals surface area contributed by atoms with E-state index in [9.17, 15) is 13.6 Å². The first-order valence-corrected chi connectivity index (χ1v) is 4.68. The van der Waals surface area contributed by atoms with Crippen LogP contribution in [0.2, 0.25) is 0 Å². The molecule has 80 valence electrons. The fraction of sp³-hybridized carbons (Fsp3) is 0.364. The zero-order valence-corrected chi connectivity index (χ0v) is 7.95. The Hall–Kier alpha value is -1.45. The minimum atomic E-state index is -2.57. The molecule has 1 atom stereocenters. The molecule has 1 unspecified atom stereocenters. The van der Waals surface area contributed by atoms with E-state index in [2.05, 4.69) is 0 Å². The first-order chi connectivity index (χ1) is 7.13. The van der Waals surface area contributed by atoms with Gasteiger partial charge >= 0.3 is 0 Å². The van der Waals surface area contributed by atoms with E-state index in [1.807, 2.05) is 0 Å². The molecule has 1 aromatic carbocycles. The maximum Gasteiger partial charge on any atom is 0.255 e. The third kappa shape index (κ3) is 2.14. The molecular formula is C11H10F2O2. The molecule has 0 aromatic heterocycles. The van der Waals surface area contributed by atoms with Gasteiger partial charge in [0.25, 0.3) is 5.92 Å². The summed E-state index contributed by atoms with van der Waals surface area (Å²) in [6.45, 7) is -0.0299. The Labute approximate surface area is 85.9 Å². The van der Waals surface area contributed by atoms with Gasteiger partial charge in [-0.2, -0.15) is 0 Å². The van der Waals surface area contributed by atoms with E-state index in [1.165, 1.54) is 0 Å². The zero-order valence-electron chi connectivity index (χ0n) is 7.95. The molecule has 0 heterocycles. The zero-order chi connectivity index (χ0) is 10.9. The Kier molecular flexibility index (Phi) is 2.42. The molecule has 2 rings (SSSR count). The van der Waals surface area contributed by atoms with Crippen molar-refractivity contribution in [3.8, 4) is 5.75 Å². The van der Waals surface area contributed by atoms with Crippen molar-refractivity contribution in [2.45, 2.75) is 12.3 Å². The molecule has 0 radical (unpaired) electrons. The molecule has 1 saturated carbocycles. The standard InChI is InChI=1S/C11H10F2O2/c12-11(13)5-9(11)7-15-10-4-2-1-3-8(10)6-14/h1-4,6,9H,5,7H2. The van der Waals surface area contributed by atoms with Gasteiger partial charge in [0.2, 0.25) is 0 Å². The van der Waals surface area contributed by atoms with Gasteiger partial charge in [-0.05, 0) is 12.1 Å². The van der Waals surface area contributed by atoms with Gasteiger partial charge in [-0.15, -0.1) is 0 Å². The van der Waals surface area contributed by atoms with Crippen molar-refractivity contribution >= 4 is 6.29 Å². The van der Waals surface area contributed by atoms with E-state index in [0.717, 1.165) is 0 Å². The van der Waals surface area contributed by atoms with Crippen molar-refractivity contribution in [2.75, 3.05) is 6.61 Å². The van der Waals surface area contributed by atoms with Crippen molar-refractivity contribution in [1.29, 1.82) is 0 Å². The van der Waals surface area contributed by atoms with Gasteiger partial charge < -0.3 is 4.74 Å². The molecule has 0 saturated heterocycles. The first-order valence-electron chi connectivity index (χ1n) is 4.68. The van der Waals surface area contributed by atoms with Crippen LogP contribution in [0.5, 0.6) is 5.75 Å². The maximum atomic E-state index is 12.5. The smallest absolute Gasteiger partial charge is 0.255 e. The van der Waals surface area contributed by atoms with Crippen LogP contribution in [0.3, 0.4) is 0 Å². The number of alkyl halides is 2. The largest absolute Gasteiger partial charge is 0.492 e. The van der Waals surface area contributed by atoms with Crippen LogP contribution in [0, 0.1) is 5.92 Å². The lowest BCUT2D eigenvalue weighted by Crippen LogP contribution is -2.06. The number of aldehydes is 1. The van der Waals surface area contributed by atoms with Crippen molar-refractivity contribution in [2.24, 2.45) is 5.92 Å². The summed E-state index contributed by atoms with van der Waals surface area (Å²) in [4.78, 5) is 10.6. The van der Waals surface area contributed by atoms with Crippen LogP contribution >= 0.6 is 0 Å². The lowest BCUT2D eigenvalue weighted by Gasteiger charge is -2.06. The Morgan fingerprint density at radius 3 is 2.73 bits per heavy atom. The van der Waals surface area contributed by atoms with Crippen LogP contribution < -0.4 is 4.74 Å². The van der Waals surface area contributed by atoms with Gasteiger partial charge in [-0.3, -0.25) is 4.79 Å². The van der Waals surface area contributed by atoms with Gasteiger partial charge in [0.05, 0.1) is 18.1 Å². The highest BCUT2D eigenvalue weighted by Gasteiger charge is 2.57. The number of hydrogen-bond acceptors (Lipinski definition) is 2. The van der Waals surface area contributed by atoms with Crippen molar-refractivity contribution < 1.29 is 18.3 Å². The van der Waals surface area contributed by atoms with Gasteiger partial charge in [-0.25, -0.2) is 8.78 Å². The van der Waals surface area contributed by atoms with Crippen molar-refractivity contribution in [3.05, 3.63) is 29.8 Å². The van der Waals surface area contributed by atoms with E-state index in [4.69, 9.17) is 4.74 Å². The van der Waals surface area contributed by atoms with Crippen LogP contribution in [0.25, 0.3) is 0 Å². The monoisotopic (exact) mass is 212 g/mol. The molecule has 1 aliphatic rings. The molecule has 1 aliphatic carbocycles. The van der Waals surface area contributed by atoms with E-state index in [0.29, 0.717) is 17.6 Å². The van der Waals surface area contributed by atoms with Crippen LogP contribution in [0.15, 0.2) is 24.3 Å². The fourth-order valence-corrected chi connectivity index (χ4v) is 1.35. The Morgan fingerprint density at radius 1 is 1.47 bits per heavy atom. The van der Waals surface area contributed by atoms with Gasteiger partial charge in [0, 0.05) is 6.42 Å². The van der Waals surface area contributed by atoms with Crippen LogP contribution in [0.1, 0.15) is 16.8 Å². The highest BCUT2D eigenvalue weighted by atomic mass is 19.3. The number of carbonyl (C=O) groups excluding carboxylic acids is 1. The number of benzene rings is 1. The van der Waals surface area contributed by atoms with E-state index < -0.39 is 11.8 Å². The minimum absolute atomic E-state index is 0.0299. The summed E-state index contributed by atoms with van der Waals surface area (Å²) < 4.78 is 30.2. The summed E-state index contributed by atoms with van der Waals surface area (Å²) in [6, 6.07) is 6.59. The molecule has 1 aromatic rings. The van der Waals surface area contributed by atoms with Crippen LogP contribution in [-0.2, 0) is 0 Å². The number of rotatable bonds is 4. The van der Waals surface area contributed by atoms with Crippen molar-refractivity contribution in [1.82, 2.24) is 0 Å². The summed E-state index contributed by atoms with van der Waals surface area (Å²) in [7, 11) is 0. The summed E-state index contributed by atoms with van der Waals surface area (Å²) >= 11 is 0. The van der Waals surface area contributed by atoms with E-state index in [1.54, 1.807) is 24.3 Å². The number of ether oxygens (including phenoxy) is 1. The summed E-state index contributed by atoms with van der Waals surface area (Å²) in [5, 5.41) is 0. The average molecular weight is 212 g/mol. The van der Waals surface area contributed by atoms with Crippen LogP contribution in [-0.4, -0.2) is 18.8 Å². The highest BCUT2D eigenvalue weighted by molar-refractivity contribution is 5.79. The second kappa shape index (κ2) is 3.61. The summed E-state index contributed by atoms with van der Waals surface area (Å²) in [5.41, 5.74) is 0.390. The summed E-state index contributed by atoms with van der Waals surface area (Å²) in [5.74, 6) is -2.90. The third-order valence-electron chi connectivity index (χ3n) is 2.44. The Morgan fingerprint density at radius 2 is 2.13 bits per heavy atom. The van der Waals surface area contributed by atoms with Gasteiger partial charge in [0.15, 0.2) is 6.29 Å². The Bertz CT molecular complexity index is 377. The molecule has 0 spiro atoms. The lowest BCUT2D eigenvalue weighted by molar-refractivity contribution is 0.0854. The minimum Gasteiger partial charge on any atom is -0.492 e. The number of hydrogen-bond donors (Lipinski definition) is 0. The topological polar surface area (TPSA) is 26.3 Å². The number of para-hydroxylation sites is 1.